The van der Waals surface area contributed by atoms with Crippen LogP contribution < -0.4 is 0 Å². The lowest BCUT2D eigenvalue weighted by Crippen LogP contribution is -2.01. The van der Waals surface area contributed by atoms with E-state index in [0.717, 1.165) is 34.3 Å². The van der Waals surface area contributed by atoms with Crippen molar-refractivity contribution in [2.45, 2.75) is 13.2 Å². The number of aliphatic hydroxyl groups excluding tert-OH is 1. The van der Waals surface area contributed by atoms with Crippen LogP contribution in [0.15, 0.2) is 78.9 Å². The Bertz CT molecular complexity index is 973. The van der Waals surface area contributed by atoms with Crippen molar-refractivity contribution < 1.29 is 5.11 Å². The fraction of sp³-hybridized carbons (Fsp3) is 0.0952. The fourth-order valence-electron chi connectivity index (χ4n) is 3.03. The highest BCUT2D eigenvalue weighted by Gasteiger charge is 2.12. The van der Waals surface area contributed by atoms with E-state index in [1.165, 1.54) is 5.56 Å². The molecule has 0 atom stereocenters. The zero-order valence-electron chi connectivity index (χ0n) is 13.3. The van der Waals surface area contributed by atoms with Crippen molar-refractivity contribution >= 4 is 10.9 Å². The van der Waals surface area contributed by atoms with Gasteiger partial charge in [0.1, 0.15) is 5.69 Å². The third kappa shape index (κ3) is 2.70. The molecule has 0 saturated carbocycles. The Hall–Kier alpha value is -2.91. The molecule has 0 bridgehead atoms. The van der Waals surface area contributed by atoms with Gasteiger partial charge >= 0.3 is 0 Å². The van der Waals surface area contributed by atoms with Gasteiger partial charge in [0.05, 0.1) is 18.7 Å². The van der Waals surface area contributed by atoms with Crippen LogP contribution in [-0.2, 0) is 13.2 Å². The lowest BCUT2D eigenvalue weighted by Gasteiger charge is -2.03. The summed E-state index contributed by atoms with van der Waals surface area (Å²) in [4.78, 5) is 0. The molecule has 0 radical (unpaired) electrons. The smallest absolute Gasteiger partial charge is 0.100 e. The largest absolute Gasteiger partial charge is 0.392 e. The third-order valence-corrected chi connectivity index (χ3v) is 4.22. The molecule has 118 valence electrons. The normalized spacial score (nSPS) is 11.0. The molecule has 0 spiro atoms. The van der Waals surface area contributed by atoms with E-state index in [9.17, 15) is 5.11 Å². The number of nitrogens with zero attached hydrogens (tertiary/aromatic N) is 2. The van der Waals surface area contributed by atoms with Crippen LogP contribution in [0.5, 0.6) is 0 Å². The van der Waals surface area contributed by atoms with E-state index in [4.69, 9.17) is 5.10 Å². The monoisotopic (exact) mass is 314 g/mol. The standard InChI is InChI=1S/C21H18N2O/c24-15-17-9-6-10-18(13-17)21-19-11-4-5-12-20(19)23(22-21)14-16-7-2-1-3-8-16/h1-13,24H,14-15H2. The maximum atomic E-state index is 9.40. The first-order valence-corrected chi connectivity index (χ1v) is 8.05. The van der Waals surface area contributed by atoms with E-state index < -0.39 is 0 Å². The minimum atomic E-state index is 0.0382. The van der Waals surface area contributed by atoms with Gasteiger partial charge in [-0.15, -0.1) is 0 Å². The van der Waals surface area contributed by atoms with Crippen molar-refractivity contribution in [1.29, 1.82) is 0 Å². The van der Waals surface area contributed by atoms with E-state index in [-0.39, 0.29) is 6.61 Å². The van der Waals surface area contributed by atoms with E-state index in [1.54, 1.807) is 0 Å². The van der Waals surface area contributed by atoms with Gasteiger partial charge in [0.15, 0.2) is 0 Å². The molecule has 0 fully saturated rings. The van der Waals surface area contributed by atoms with Crippen molar-refractivity contribution in [1.82, 2.24) is 9.78 Å². The first-order chi connectivity index (χ1) is 11.8. The number of fused-ring (bicyclic) bond motifs is 1. The van der Waals surface area contributed by atoms with Crippen LogP contribution >= 0.6 is 0 Å². The van der Waals surface area contributed by atoms with Crippen LogP contribution in [0.2, 0.25) is 0 Å². The van der Waals surface area contributed by atoms with Crippen LogP contribution in [-0.4, -0.2) is 14.9 Å². The highest BCUT2D eigenvalue weighted by atomic mass is 16.3. The molecule has 0 aliphatic rings. The Morgan fingerprint density at radius 2 is 1.54 bits per heavy atom. The molecular formula is C21H18N2O. The molecule has 3 nitrogen and oxygen atoms in total. The number of hydrogen-bond acceptors (Lipinski definition) is 2. The Morgan fingerprint density at radius 3 is 2.38 bits per heavy atom. The first-order valence-electron chi connectivity index (χ1n) is 8.05. The second kappa shape index (κ2) is 6.30. The molecule has 0 saturated heterocycles. The summed E-state index contributed by atoms with van der Waals surface area (Å²) < 4.78 is 2.05. The maximum Gasteiger partial charge on any atom is 0.100 e. The van der Waals surface area contributed by atoms with Gasteiger partial charge in [0, 0.05) is 10.9 Å². The number of aromatic nitrogens is 2. The predicted molar refractivity (Wildman–Crippen MR) is 96.6 cm³/mol. The quantitative estimate of drug-likeness (QED) is 0.612. The Kier molecular flexibility index (Phi) is 3.85. The Labute approximate surface area is 140 Å². The van der Waals surface area contributed by atoms with Crippen molar-refractivity contribution in [3.8, 4) is 11.3 Å². The van der Waals surface area contributed by atoms with Crippen molar-refractivity contribution in [3.63, 3.8) is 0 Å². The highest BCUT2D eigenvalue weighted by molar-refractivity contribution is 5.93. The molecule has 1 N–H and O–H groups in total. The minimum absolute atomic E-state index is 0.0382. The van der Waals surface area contributed by atoms with Gasteiger partial charge in [-0.3, -0.25) is 4.68 Å². The van der Waals surface area contributed by atoms with Gasteiger partial charge in [-0.05, 0) is 23.3 Å². The average Bonchev–Trinajstić information content (AvgIpc) is 3.01. The molecule has 4 aromatic rings. The van der Waals surface area contributed by atoms with Crippen LogP contribution in [0, 0.1) is 0 Å². The lowest BCUT2D eigenvalue weighted by molar-refractivity contribution is 0.282. The molecule has 3 aromatic carbocycles. The summed E-state index contributed by atoms with van der Waals surface area (Å²) in [6.07, 6.45) is 0. The lowest BCUT2D eigenvalue weighted by atomic mass is 10.1. The Balaban J connectivity index is 1.84. The number of para-hydroxylation sites is 1. The summed E-state index contributed by atoms with van der Waals surface area (Å²) in [7, 11) is 0. The Morgan fingerprint density at radius 1 is 0.792 bits per heavy atom. The van der Waals surface area contributed by atoms with Gasteiger partial charge in [0.2, 0.25) is 0 Å². The second-order valence-corrected chi connectivity index (χ2v) is 5.87. The van der Waals surface area contributed by atoms with Gasteiger partial charge in [-0.25, -0.2) is 0 Å². The number of hydrogen-bond donors (Lipinski definition) is 1. The average molecular weight is 314 g/mol. The second-order valence-electron chi connectivity index (χ2n) is 5.87. The summed E-state index contributed by atoms with van der Waals surface area (Å²) in [5, 5.41) is 15.4. The molecule has 0 amide bonds. The number of benzene rings is 3. The van der Waals surface area contributed by atoms with E-state index >= 15 is 0 Å². The fourth-order valence-corrected chi connectivity index (χ4v) is 3.03. The van der Waals surface area contributed by atoms with Crippen molar-refractivity contribution in [2.24, 2.45) is 0 Å². The molecule has 24 heavy (non-hydrogen) atoms. The SMILES string of the molecule is OCc1cccc(-c2nn(Cc3ccccc3)c3ccccc23)c1. The van der Waals surface area contributed by atoms with Gasteiger partial charge in [0.25, 0.3) is 0 Å². The predicted octanol–water partition coefficient (Wildman–Crippen LogP) is 4.24. The van der Waals surface area contributed by atoms with Gasteiger partial charge < -0.3 is 5.11 Å². The zero-order chi connectivity index (χ0) is 16.4. The van der Waals surface area contributed by atoms with Crippen LogP contribution in [0.25, 0.3) is 22.2 Å². The first kappa shape index (κ1) is 14.7. The summed E-state index contributed by atoms with van der Waals surface area (Å²) in [5.41, 5.74) is 5.22. The van der Waals surface area contributed by atoms with Crippen molar-refractivity contribution in [2.75, 3.05) is 0 Å². The topological polar surface area (TPSA) is 38.1 Å². The third-order valence-electron chi connectivity index (χ3n) is 4.22. The van der Waals surface area contributed by atoms with E-state index in [0.29, 0.717) is 0 Å². The molecule has 1 aromatic heterocycles. The van der Waals surface area contributed by atoms with E-state index in [1.807, 2.05) is 59.3 Å². The summed E-state index contributed by atoms with van der Waals surface area (Å²) in [5.74, 6) is 0. The summed E-state index contributed by atoms with van der Waals surface area (Å²) in [6.45, 7) is 0.775. The molecule has 3 heteroatoms. The molecule has 0 aliphatic carbocycles. The van der Waals surface area contributed by atoms with Crippen LogP contribution in [0.4, 0.5) is 0 Å². The number of rotatable bonds is 4. The van der Waals surface area contributed by atoms with E-state index in [2.05, 4.69) is 24.3 Å². The van der Waals surface area contributed by atoms with Crippen LogP contribution in [0.3, 0.4) is 0 Å². The van der Waals surface area contributed by atoms with Crippen LogP contribution in [0.1, 0.15) is 11.1 Å². The van der Waals surface area contributed by atoms with Gasteiger partial charge in [-0.1, -0.05) is 66.7 Å². The zero-order valence-corrected chi connectivity index (χ0v) is 13.3. The maximum absolute atomic E-state index is 9.40. The van der Waals surface area contributed by atoms with Crippen molar-refractivity contribution in [3.05, 3.63) is 90.0 Å². The number of aliphatic hydroxyl groups is 1. The highest BCUT2D eigenvalue weighted by Crippen LogP contribution is 2.29. The molecule has 1 heterocycles. The molecular weight excluding hydrogens is 296 g/mol. The molecule has 0 unspecified atom stereocenters. The summed E-state index contributed by atoms with van der Waals surface area (Å²) in [6, 6.07) is 26.6. The minimum Gasteiger partial charge on any atom is -0.392 e. The molecule has 0 aliphatic heterocycles. The summed E-state index contributed by atoms with van der Waals surface area (Å²) >= 11 is 0. The van der Waals surface area contributed by atoms with Gasteiger partial charge in [-0.2, -0.15) is 5.10 Å². The molecule has 4 rings (SSSR count).